The van der Waals surface area contributed by atoms with Crippen LogP contribution in [-0.4, -0.2) is 17.1 Å². The van der Waals surface area contributed by atoms with E-state index in [0.29, 0.717) is 12.1 Å². The van der Waals surface area contributed by atoms with Gasteiger partial charge in [-0.05, 0) is 13.0 Å². The monoisotopic (exact) mass is 281 g/mol. The number of nitro groups is 1. The molecule has 0 fully saturated rings. The summed E-state index contributed by atoms with van der Waals surface area (Å²) in [6.45, 7) is 1.11. The molecule has 0 heterocycles. The maximum absolute atomic E-state index is 13.3. The van der Waals surface area contributed by atoms with Gasteiger partial charge in [0.25, 0.3) is 5.69 Å². The van der Waals surface area contributed by atoms with Crippen molar-refractivity contribution in [2.24, 2.45) is 0 Å². The Morgan fingerprint density at radius 3 is 2.42 bits per heavy atom. The number of nitrogens with zero attached hydrogens (tertiary/aromatic N) is 1. The van der Waals surface area contributed by atoms with E-state index in [9.17, 15) is 32.5 Å². The van der Waals surface area contributed by atoms with Crippen LogP contribution < -0.4 is 4.74 Å². The Kier molecular flexibility index (Phi) is 4.07. The predicted octanol–water partition coefficient (Wildman–Crippen LogP) is 2.76. The number of rotatable bonds is 4. The zero-order valence-electron chi connectivity index (χ0n) is 9.45. The van der Waals surface area contributed by atoms with Crippen molar-refractivity contribution in [3.05, 3.63) is 33.6 Å². The third-order valence-corrected chi connectivity index (χ3v) is 1.99. The molecule has 0 aliphatic rings. The Labute approximate surface area is 103 Å². The first kappa shape index (κ1) is 14.9. The van der Waals surface area contributed by atoms with E-state index in [1.54, 1.807) is 0 Å². The molecular formula is C10H7F4NO4. The molecule has 0 unspecified atom stereocenters. The molecule has 19 heavy (non-hydrogen) atoms. The van der Waals surface area contributed by atoms with Crippen molar-refractivity contribution in [2.75, 3.05) is 0 Å². The minimum atomic E-state index is -5.17. The Bertz CT molecular complexity index is 527. The number of hydrogen-bond donors (Lipinski definition) is 0. The highest BCUT2D eigenvalue weighted by Gasteiger charge is 2.34. The average molecular weight is 281 g/mol. The van der Waals surface area contributed by atoms with Crippen LogP contribution in [0.1, 0.15) is 12.5 Å². The lowest BCUT2D eigenvalue weighted by molar-refractivity contribution is -0.385. The van der Waals surface area contributed by atoms with Gasteiger partial charge in [0, 0.05) is 12.0 Å². The van der Waals surface area contributed by atoms with Crippen LogP contribution in [0.3, 0.4) is 0 Å². The second-order valence-electron chi connectivity index (χ2n) is 3.60. The van der Waals surface area contributed by atoms with E-state index in [-0.39, 0.29) is 5.56 Å². The van der Waals surface area contributed by atoms with Crippen molar-refractivity contribution in [3.63, 3.8) is 0 Å². The van der Waals surface area contributed by atoms with Gasteiger partial charge >= 0.3 is 6.36 Å². The number of nitro benzene ring substituents is 1. The lowest BCUT2D eigenvalue weighted by Crippen LogP contribution is -2.18. The fourth-order valence-electron chi connectivity index (χ4n) is 1.37. The van der Waals surface area contributed by atoms with E-state index in [1.807, 2.05) is 0 Å². The lowest BCUT2D eigenvalue weighted by atomic mass is 10.1. The van der Waals surface area contributed by atoms with Crippen molar-refractivity contribution in [3.8, 4) is 5.75 Å². The van der Waals surface area contributed by atoms with Gasteiger partial charge in [-0.3, -0.25) is 14.9 Å². The Morgan fingerprint density at radius 1 is 1.42 bits per heavy atom. The van der Waals surface area contributed by atoms with Crippen LogP contribution in [0.2, 0.25) is 0 Å². The van der Waals surface area contributed by atoms with Gasteiger partial charge in [0.15, 0.2) is 11.6 Å². The molecule has 0 N–H and O–H groups in total. The molecule has 0 radical (unpaired) electrons. The Morgan fingerprint density at radius 2 is 2.00 bits per heavy atom. The molecule has 1 rings (SSSR count). The van der Waals surface area contributed by atoms with E-state index >= 15 is 0 Å². The van der Waals surface area contributed by atoms with Gasteiger partial charge in [-0.1, -0.05) is 0 Å². The summed E-state index contributed by atoms with van der Waals surface area (Å²) in [7, 11) is 0. The standard InChI is InChI=1S/C10H7F4NO4/c1-5(16)2-6-3-7(11)9(19-10(12,13)14)4-8(6)15(17)18/h3-4H,2H2,1H3. The van der Waals surface area contributed by atoms with Gasteiger partial charge in [-0.15, -0.1) is 13.2 Å². The smallest absolute Gasteiger partial charge is 0.402 e. The van der Waals surface area contributed by atoms with Gasteiger partial charge in [-0.2, -0.15) is 0 Å². The number of halogens is 4. The molecule has 0 saturated carbocycles. The van der Waals surface area contributed by atoms with Gasteiger partial charge < -0.3 is 4.74 Å². The van der Waals surface area contributed by atoms with Gasteiger partial charge in [0.1, 0.15) is 5.78 Å². The fourth-order valence-corrected chi connectivity index (χ4v) is 1.37. The van der Waals surface area contributed by atoms with Crippen molar-refractivity contribution >= 4 is 11.5 Å². The number of Topliss-reactive ketones (excluding diaryl/α,β-unsaturated/α-hetero) is 1. The summed E-state index contributed by atoms with van der Waals surface area (Å²) in [5, 5.41) is 10.7. The van der Waals surface area contributed by atoms with Crippen LogP contribution in [-0.2, 0) is 11.2 Å². The highest BCUT2D eigenvalue weighted by molar-refractivity contribution is 5.79. The van der Waals surface area contributed by atoms with E-state index in [1.165, 1.54) is 0 Å². The van der Waals surface area contributed by atoms with Crippen LogP contribution in [0.5, 0.6) is 5.75 Å². The van der Waals surface area contributed by atoms with E-state index in [0.717, 1.165) is 6.92 Å². The van der Waals surface area contributed by atoms with Crippen LogP contribution in [0, 0.1) is 15.9 Å². The van der Waals surface area contributed by atoms with Crippen LogP contribution in [0.4, 0.5) is 23.2 Å². The Hall–Kier alpha value is -2.19. The Balaban J connectivity index is 3.28. The molecule has 0 bridgehead atoms. The third-order valence-electron chi connectivity index (χ3n) is 1.99. The van der Waals surface area contributed by atoms with Crippen LogP contribution in [0.15, 0.2) is 12.1 Å². The normalized spacial score (nSPS) is 11.2. The first-order valence-corrected chi connectivity index (χ1v) is 4.82. The number of ether oxygens (including phenoxy) is 1. The number of benzene rings is 1. The molecule has 1 aromatic rings. The SMILES string of the molecule is CC(=O)Cc1cc(F)c(OC(F)(F)F)cc1[N+](=O)[O-]. The lowest BCUT2D eigenvalue weighted by Gasteiger charge is -2.10. The number of carbonyl (C=O) groups is 1. The molecule has 0 aromatic heterocycles. The minimum absolute atomic E-state index is 0.307. The molecule has 0 atom stereocenters. The van der Waals surface area contributed by atoms with Crippen LogP contribution >= 0.6 is 0 Å². The third kappa shape index (κ3) is 4.19. The molecule has 0 saturated heterocycles. The number of hydrogen-bond acceptors (Lipinski definition) is 4. The molecule has 104 valence electrons. The molecule has 0 spiro atoms. The van der Waals surface area contributed by atoms with E-state index in [2.05, 4.69) is 4.74 Å². The second kappa shape index (κ2) is 5.21. The summed E-state index contributed by atoms with van der Waals surface area (Å²) in [6, 6.07) is 0.793. The summed E-state index contributed by atoms with van der Waals surface area (Å²) in [4.78, 5) is 20.5. The van der Waals surface area contributed by atoms with Gasteiger partial charge in [0.2, 0.25) is 0 Å². The van der Waals surface area contributed by atoms with Crippen molar-refractivity contribution in [1.82, 2.24) is 0 Å². The van der Waals surface area contributed by atoms with Crippen molar-refractivity contribution in [1.29, 1.82) is 0 Å². The van der Waals surface area contributed by atoms with E-state index in [4.69, 9.17) is 0 Å². The summed E-state index contributed by atoms with van der Waals surface area (Å²) in [5.74, 6) is -3.24. The largest absolute Gasteiger partial charge is 0.573 e. The number of ketones is 1. The summed E-state index contributed by atoms with van der Waals surface area (Å²) in [5.41, 5.74) is -1.12. The van der Waals surface area contributed by atoms with E-state index < -0.39 is 40.7 Å². The zero-order valence-corrected chi connectivity index (χ0v) is 9.45. The quantitative estimate of drug-likeness (QED) is 0.483. The zero-order chi connectivity index (χ0) is 14.8. The molecule has 0 aliphatic heterocycles. The number of alkyl halides is 3. The first-order chi connectivity index (χ1) is 8.60. The predicted molar refractivity (Wildman–Crippen MR) is 54.1 cm³/mol. The molecule has 9 heteroatoms. The topological polar surface area (TPSA) is 69.4 Å². The van der Waals surface area contributed by atoms with Crippen molar-refractivity contribution in [2.45, 2.75) is 19.7 Å². The van der Waals surface area contributed by atoms with Gasteiger partial charge in [-0.25, -0.2) is 4.39 Å². The maximum atomic E-state index is 13.3. The summed E-state index contributed by atoms with van der Waals surface area (Å²) >= 11 is 0. The summed E-state index contributed by atoms with van der Waals surface area (Å²) < 4.78 is 52.5. The number of carbonyl (C=O) groups excluding carboxylic acids is 1. The van der Waals surface area contributed by atoms with Gasteiger partial charge in [0.05, 0.1) is 11.0 Å². The highest BCUT2D eigenvalue weighted by Crippen LogP contribution is 2.32. The molecule has 1 aromatic carbocycles. The molecule has 0 amide bonds. The van der Waals surface area contributed by atoms with Crippen molar-refractivity contribution < 1.29 is 32.0 Å². The molecular weight excluding hydrogens is 274 g/mol. The summed E-state index contributed by atoms with van der Waals surface area (Å²) in [6.07, 6.45) is -5.63. The average Bonchev–Trinajstić information content (AvgIpc) is 2.18. The van der Waals surface area contributed by atoms with Crippen LogP contribution in [0.25, 0.3) is 0 Å². The fraction of sp³-hybridized carbons (Fsp3) is 0.300. The maximum Gasteiger partial charge on any atom is 0.573 e. The minimum Gasteiger partial charge on any atom is -0.402 e. The highest BCUT2D eigenvalue weighted by atomic mass is 19.4. The molecule has 0 aliphatic carbocycles. The first-order valence-electron chi connectivity index (χ1n) is 4.82. The molecule has 5 nitrogen and oxygen atoms in total. The second-order valence-corrected chi connectivity index (χ2v) is 3.60.